The predicted octanol–water partition coefficient (Wildman–Crippen LogP) is 3.24. The number of halogens is 1. The first-order valence-electron chi connectivity index (χ1n) is 6.63. The number of nitrogens with zero attached hydrogens (tertiary/aromatic N) is 1. The highest BCUT2D eigenvalue weighted by Gasteiger charge is 2.40. The lowest BCUT2D eigenvalue weighted by Crippen LogP contribution is -2.50. The van der Waals surface area contributed by atoms with Crippen LogP contribution in [-0.2, 0) is 11.2 Å². The van der Waals surface area contributed by atoms with Crippen LogP contribution < -0.4 is 0 Å². The minimum absolute atomic E-state index is 0.137. The molecule has 2 aliphatic rings. The zero-order valence-electron chi connectivity index (χ0n) is 10.8. The van der Waals surface area contributed by atoms with E-state index in [2.05, 4.69) is 12.1 Å². The monoisotopic (exact) mass is 263 g/mol. The summed E-state index contributed by atoms with van der Waals surface area (Å²) < 4.78 is 0. The summed E-state index contributed by atoms with van der Waals surface area (Å²) >= 11 is 6.07. The van der Waals surface area contributed by atoms with Crippen molar-refractivity contribution in [3.63, 3.8) is 0 Å². The highest BCUT2D eigenvalue weighted by Crippen LogP contribution is 2.42. The van der Waals surface area contributed by atoms with E-state index < -0.39 is 0 Å². The maximum absolute atomic E-state index is 12.1. The molecule has 1 aliphatic heterocycles. The lowest BCUT2D eigenvalue weighted by atomic mass is 9.72. The summed E-state index contributed by atoms with van der Waals surface area (Å²) in [7, 11) is 1.95. The van der Waals surface area contributed by atoms with Crippen LogP contribution in [0.15, 0.2) is 18.2 Å². The highest BCUT2D eigenvalue weighted by atomic mass is 35.5. The number of benzene rings is 1. The molecule has 0 bridgehead atoms. The summed E-state index contributed by atoms with van der Waals surface area (Å²) in [4.78, 5) is 14.0. The van der Waals surface area contributed by atoms with Crippen molar-refractivity contribution in [3.8, 4) is 0 Å². The van der Waals surface area contributed by atoms with Gasteiger partial charge in [-0.2, -0.15) is 0 Å². The number of hydrogen-bond donors (Lipinski definition) is 0. The molecule has 3 rings (SSSR count). The molecule has 3 atom stereocenters. The van der Waals surface area contributed by atoms with Gasteiger partial charge in [-0.25, -0.2) is 0 Å². The zero-order valence-corrected chi connectivity index (χ0v) is 11.6. The lowest BCUT2D eigenvalue weighted by molar-refractivity contribution is -0.140. The number of fused-ring (bicyclic) bond motifs is 3. The molecular formula is C15H18ClNO. The smallest absolute Gasteiger partial charge is 0.225 e. The van der Waals surface area contributed by atoms with Crippen molar-refractivity contribution >= 4 is 17.5 Å². The van der Waals surface area contributed by atoms with Gasteiger partial charge in [0, 0.05) is 29.9 Å². The van der Waals surface area contributed by atoms with Gasteiger partial charge in [-0.1, -0.05) is 24.6 Å². The molecular weight excluding hydrogens is 246 g/mol. The fraction of sp³-hybridized carbons (Fsp3) is 0.533. The Balaban J connectivity index is 2.01. The number of rotatable bonds is 0. The average molecular weight is 264 g/mol. The number of amides is 1. The van der Waals surface area contributed by atoms with Gasteiger partial charge in [0.25, 0.3) is 0 Å². The minimum atomic E-state index is 0.137. The second-order valence-electron chi connectivity index (χ2n) is 5.64. The topological polar surface area (TPSA) is 20.3 Å². The zero-order chi connectivity index (χ0) is 12.9. The number of carbonyl (C=O) groups excluding carboxylic acids is 1. The van der Waals surface area contributed by atoms with Gasteiger partial charge in [0.1, 0.15) is 0 Å². The fourth-order valence-electron chi connectivity index (χ4n) is 3.60. The molecule has 0 N–H and O–H groups in total. The Kier molecular flexibility index (Phi) is 2.86. The molecule has 1 fully saturated rings. The van der Waals surface area contributed by atoms with Gasteiger partial charge in [-0.3, -0.25) is 4.79 Å². The molecule has 3 heteroatoms. The average Bonchev–Trinajstić information content (AvgIpc) is 2.35. The van der Waals surface area contributed by atoms with Gasteiger partial charge in [-0.05, 0) is 42.5 Å². The molecule has 1 amide bonds. The third kappa shape index (κ3) is 1.74. The minimum Gasteiger partial charge on any atom is -0.342 e. The summed E-state index contributed by atoms with van der Waals surface area (Å²) in [6.07, 6.45) is 3.07. The van der Waals surface area contributed by atoms with Crippen LogP contribution in [0.3, 0.4) is 0 Å². The molecule has 0 aromatic heterocycles. The van der Waals surface area contributed by atoms with Crippen LogP contribution in [0.25, 0.3) is 0 Å². The van der Waals surface area contributed by atoms with Gasteiger partial charge in [-0.15, -0.1) is 0 Å². The maximum atomic E-state index is 12.1. The largest absolute Gasteiger partial charge is 0.342 e. The standard InChI is InChI=1S/C15H18ClNO/c1-9-7-13-12-5-4-11(16)8-10(12)3-6-14(13)17(2)15(9)18/h4-5,8-9,13-14H,3,6-7H2,1-2H3/t9-,13-,14?/m1/s1. The number of piperidine rings is 1. The summed E-state index contributed by atoms with van der Waals surface area (Å²) in [5, 5.41) is 0.820. The number of likely N-dealkylation sites (tertiary alicyclic amines) is 1. The molecule has 1 aromatic carbocycles. The van der Waals surface area contributed by atoms with Crippen LogP contribution in [0.2, 0.25) is 5.02 Å². The van der Waals surface area contributed by atoms with Crippen LogP contribution in [0.5, 0.6) is 0 Å². The first-order valence-corrected chi connectivity index (χ1v) is 7.00. The quantitative estimate of drug-likeness (QED) is 0.704. The first kappa shape index (κ1) is 12.0. The van der Waals surface area contributed by atoms with E-state index in [0.717, 1.165) is 24.3 Å². The summed E-state index contributed by atoms with van der Waals surface area (Å²) in [6.45, 7) is 2.04. The maximum Gasteiger partial charge on any atom is 0.225 e. The van der Waals surface area contributed by atoms with Gasteiger partial charge in [0.05, 0.1) is 0 Å². The second-order valence-corrected chi connectivity index (χ2v) is 6.08. The molecule has 0 saturated carbocycles. The van der Waals surface area contributed by atoms with Crippen LogP contribution in [0.4, 0.5) is 0 Å². The number of likely N-dealkylation sites (N-methyl/N-ethyl adjacent to an activating group) is 1. The highest BCUT2D eigenvalue weighted by molar-refractivity contribution is 6.30. The normalized spacial score (nSPS) is 30.9. The van der Waals surface area contributed by atoms with E-state index in [9.17, 15) is 4.79 Å². The van der Waals surface area contributed by atoms with Crippen LogP contribution >= 0.6 is 11.6 Å². The molecule has 1 aromatic rings. The van der Waals surface area contributed by atoms with Crippen molar-refractivity contribution in [2.75, 3.05) is 7.05 Å². The molecule has 0 spiro atoms. The van der Waals surface area contributed by atoms with Gasteiger partial charge in [0.15, 0.2) is 0 Å². The van der Waals surface area contributed by atoms with Gasteiger partial charge in [0.2, 0.25) is 5.91 Å². The van der Waals surface area contributed by atoms with E-state index in [4.69, 9.17) is 11.6 Å². The fourth-order valence-corrected chi connectivity index (χ4v) is 3.80. The van der Waals surface area contributed by atoms with Crippen molar-refractivity contribution in [2.45, 2.75) is 38.1 Å². The van der Waals surface area contributed by atoms with E-state index in [0.29, 0.717) is 17.9 Å². The third-order valence-corrected chi connectivity index (χ3v) is 4.79. The van der Waals surface area contributed by atoms with E-state index >= 15 is 0 Å². The van der Waals surface area contributed by atoms with E-state index in [1.165, 1.54) is 11.1 Å². The number of hydrogen-bond acceptors (Lipinski definition) is 1. The van der Waals surface area contributed by atoms with Gasteiger partial charge >= 0.3 is 0 Å². The van der Waals surface area contributed by atoms with Crippen LogP contribution in [0, 0.1) is 5.92 Å². The van der Waals surface area contributed by atoms with Crippen LogP contribution in [-0.4, -0.2) is 23.9 Å². The Bertz CT molecular complexity index is 499. The van der Waals surface area contributed by atoms with E-state index in [1.807, 2.05) is 24.9 Å². The Hall–Kier alpha value is -1.02. The first-order chi connectivity index (χ1) is 8.58. The molecule has 1 saturated heterocycles. The van der Waals surface area contributed by atoms with Crippen molar-refractivity contribution in [1.29, 1.82) is 0 Å². The molecule has 96 valence electrons. The molecule has 18 heavy (non-hydrogen) atoms. The Morgan fingerprint density at radius 1 is 1.39 bits per heavy atom. The third-order valence-electron chi connectivity index (χ3n) is 4.55. The SMILES string of the molecule is C[C@@H]1C[C@@H]2c3ccc(Cl)cc3CCC2N(C)C1=O. The van der Waals surface area contributed by atoms with Crippen molar-refractivity contribution < 1.29 is 4.79 Å². The summed E-state index contributed by atoms with van der Waals surface area (Å²) in [5.74, 6) is 0.926. The Labute approximate surface area is 113 Å². The molecule has 1 unspecified atom stereocenters. The van der Waals surface area contributed by atoms with Gasteiger partial charge < -0.3 is 4.90 Å². The van der Waals surface area contributed by atoms with Crippen molar-refractivity contribution in [1.82, 2.24) is 4.90 Å². The number of aryl methyl sites for hydroxylation is 1. The summed E-state index contributed by atoms with van der Waals surface area (Å²) in [5.41, 5.74) is 2.78. The molecule has 2 nitrogen and oxygen atoms in total. The molecule has 0 radical (unpaired) electrons. The van der Waals surface area contributed by atoms with Crippen LogP contribution in [0.1, 0.15) is 36.8 Å². The van der Waals surface area contributed by atoms with Crippen molar-refractivity contribution in [3.05, 3.63) is 34.3 Å². The number of carbonyl (C=O) groups is 1. The molecule has 1 aliphatic carbocycles. The second kappa shape index (κ2) is 4.27. The van der Waals surface area contributed by atoms with Crippen molar-refractivity contribution in [2.24, 2.45) is 5.92 Å². The molecule has 1 heterocycles. The van der Waals surface area contributed by atoms with E-state index in [-0.39, 0.29) is 5.92 Å². The lowest BCUT2D eigenvalue weighted by Gasteiger charge is -2.45. The summed E-state index contributed by atoms with van der Waals surface area (Å²) in [6, 6.07) is 6.60. The Morgan fingerprint density at radius 3 is 2.94 bits per heavy atom. The predicted molar refractivity (Wildman–Crippen MR) is 72.9 cm³/mol. The Morgan fingerprint density at radius 2 is 2.17 bits per heavy atom. The van der Waals surface area contributed by atoms with E-state index in [1.54, 1.807) is 0 Å².